The summed E-state index contributed by atoms with van der Waals surface area (Å²) in [5, 5.41) is 1.04. The Morgan fingerprint density at radius 2 is 1.94 bits per heavy atom. The Kier molecular flexibility index (Phi) is 5.16. The first-order valence-corrected chi connectivity index (χ1v) is 11.4. The van der Waals surface area contributed by atoms with Crippen LogP contribution >= 0.6 is 0 Å². The number of furan rings is 1. The smallest absolute Gasteiger partial charge is 0.326 e. The summed E-state index contributed by atoms with van der Waals surface area (Å²) in [5.74, 6) is 0.536. The lowest BCUT2D eigenvalue weighted by molar-refractivity contribution is -0.131. The van der Waals surface area contributed by atoms with E-state index in [2.05, 4.69) is 37.9 Å². The van der Waals surface area contributed by atoms with Gasteiger partial charge in [0.1, 0.15) is 5.58 Å². The molecule has 4 aromatic rings. The van der Waals surface area contributed by atoms with E-state index in [1.54, 1.807) is 6.26 Å². The van der Waals surface area contributed by atoms with E-state index in [0.717, 1.165) is 40.4 Å². The number of amides is 1. The van der Waals surface area contributed by atoms with Gasteiger partial charge in [0.15, 0.2) is 0 Å². The van der Waals surface area contributed by atoms with Gasteiger partial charge in [-0.3, -0.25) is 9.36 Å². The lowest BCUT2D eigenvalue weighted by Crippen LogP contribution is -2.41. The summed E-state index contributed by atoms with van der Waals surface area (Å²) in [7, 11) is 0. The van der Waals surface area contributed by atoms with E-state index < -0.39 is 0 Å². The normalized spacial score (nSPS) is 15.3. The van der Waals surface area contributed by atoms with Crippen molar-refractivity contribution in [2.24, 2.45) is 0 Å². The largest absolute Gasteiger partial charge is 0.464 e. The van der Waals surface area contributed by atoms with Gasteiger partial charge in [0.05, 0.1) is 23.7 Å². The molecule has 0 spiro atoms. The first kappa shape index (κ1) is 20.6. The van der Waals surface area contributed by atoms with Crippen LogP contribution < -0.4 is 5.69 Å². The van der Waals surface area contributed by atoms with Crippen molar-refractivity contribution in [2.75, 3.05) is 13.1 Å². The number of benzene rings is 2. The summed E-state index contributed by atoms with van der Waals surface area (Å²) in [5.41, 5.74) is 6.01. The third kappa shape index (κ3) is 3.53. The van der Waals surface area contributed by atoms with Crippen molar-refractivity contribution >= 4 is 27.9 Å². The minimum Gasteiger partial charge on any atom is -0.464 e. The fourth-order valence-electron chi connectivity index (χ4n) is 5.09. The van der Waals surface area contributed by atoms with Crippen molar-refractivity contribution in [3.8, 4) is 0 Å². The average molecular weight is 432 g/mol. The molecule has 6 heteroatoms. The molecule has 166 valence electrons. The van der Waals surface area contributed by atoms with Crippen molar-refractivity contribution in [3.63, 3.8) is 0 Å². The van der Waals surface area contributed by atoms with Crippen LogP contribution in [-0.2, 0) is 11.2 Å². The number of nitrogens with zero attached hydrogens (tertiary/aromatic N) is 2. The number of carbonyl (C=O) groups excluding carboxylic acids is 1. The van der Waals surface area contributed by atoms with E-state index >= 15 is 0 Å². The van der Waals surface area contributed by atoms with Gasteiger partial charge in [-0.25, -0.2) is 4.79 Å². The Balaban J connectivity index is 1.30. The first-order chi connectivity index (χ1) is 15.4. The number of rotatable bonds is 4. The number of H-pyrrole nitrogens is 1. The van der Waals surface area contributed by atoms with Gasteiger partial charge >= 0.3 is 5.69 Å². The van der Waals surface area contributed by atoms with Crippen molar-refractivity contribution < 1.29 is 9.21 Å². The minimum atomic E-state index is -0.0721. The van der Waals surface area contributed by atoms with E-state index in [0.29, 0.717) is 25.4 Å². The predicted octanol–water partition coefficient (Wildman–Crippen LogP) is 4.91. The van der Waals surface area contributed by atoms with Crippen LogP contribution in [0.25, 0.3) is 22.0 Å². The topological polar surface area (TPSA) is 71.2 Å². The molecule has 1 aliphatic heterocycles. The molecule has 0 saturated carbocycles. The van der Waals surface area contributed by atoms with Crippen molar-refractivity contribution in [1.29, 1.82) is 0 Å². The van der Waals surface area contributed by atoms with E-state index in [-0.39, 0.29) is 17.6 Å². The standard InChI is InChI=1S/C26H29N3O3/c1-16(2)20-14-21-18(15-32-24(21)12-17(20)3)13-25(30)28-10-8-19(9-11-28)29-23-7-5-4-6-22(23)27-26(29)31/h4-7,12,14-16,19H,8-11,13H2,1-3H3,(H,27,31). The third-order valence-corrected chi connectivity index (χ3v) is 6.81. The third-order valence-electron chi connectivity index (χ3n) is 6.81. The molecule has 0 aliphatic carbocycles. The number of nitrogens with one attached hydrogen (secondary N) is 1. The minimum absolute atomic E-state index is 0.0721. The number of aromatic amines is 1. The number of likely N-dealkylation sites (tertiary alicyclic amines) is 1. The molecule has 1 saturated heterocycles. The van der Waals surface area contributed by atoms with Gasteiger partial charge in [0.2, 0.25) is 5.91 Å². The highest BCUT2D eigenvalue weighted by molar-refractivity contribution is 5.88. The number of imidazole rings is 1. The second-order valence-corrected chi connectivity index (χ2v) is 9.23. The first-order valence-electron chi connectivity index (χ1n) is 11.4. The van der Waals surface area contributed by atoms with Gasteiger partial charge in [0, 0.05) is 30.1 Å². The van der Waals surface area contributed by atoms with Gasteiger partial charge in [-0.1, -0.05) is 26.0 Å². The fraction of sp³-hybridized carbons (Fsp3) is 0.385. The number of fused-ring (bicyclic) bond motifs is 2. The summed E-state index contributed by atoms with van der Waals surface area (Å²) < 4.78 is 7.62. The lowest BCUT2D eigenvalue weighted by atomic mass is 9.95. The summed E-state index contributed by atoms with van der Waals surface area (Å²) in [6, 6.07) is 12.1. The Bertz CT molecular complexity index is 1350. The monoisotopic (exact) mass is 431 g/mol. The van der Waals surface area contributed by atoms with Gasteiger partial charge < -0.3 is 14.3 Å². The Labute approximate surface area is 186 Å². The van der Waals surface area contributed by atoms with Crippen LogP contribution in [0.4, 0.5) is 0 Å². The molecule has 1 amide bonds. The molecular weight excluding hydrogens is 402 g/mol. The van der Waals surface area contributed by atoms with Gasteiger partial charge in [-0.15, -0.1) is 0 Å². The summed E-state index contributed by atoms with van der Waals surface area (Å²) in [6.45, 7) is 7.78. The van der Waals surface area contributed by atoms with E-state index in [9.17, 15) is 9.59 Å². The molecule has 2 aromatic carbocycles. The number of piperidine rings is 1. The molecular formula is C26H29N3O3. The Hall–Kier alpha value is -3.28. The average Bonchev–Trinajstić information content (AvgIpc) is 3.32. The van der Waals surface area contributed by atoms with Crippen LogP contribution in [0.1, 0.15) is 55.3 Å². The summed E-state index contributed by atoms with van der Waals surface area (Å²) in [6.07, 6.45) is 3.61. The molecule has 0 atom stereocenters. The second-order valence-electron chi connectivity index (χ2n) is 9.23. The van der Waals surface area contributed by atoms with Crippen LogP contribution in [0.5, 0.6) is 0 Å². The van der Waals surface area contributed by atoms with Gasteiger partial charge in [-0.2, -0.15) is 0 Å². The predicted molar refractivity (Wildman–Crippen MR) is 126 cm³/mol. The van der Waals surface area contributed by atoms with Crippen molar-refractivity contribution in [3.05, 3.63) is 69.8 Å². The maximum absolute atomic E-state index is 13.1. The fourth-order valence-corrected chi connectivity index (χ4v) is 5.09. The lowest BCUT2D eigenvalue weighted by Gasteiger charge is -2.32. The van der Waals surface area contributed by atoms with E-state index in [1.165, 1.54) is 11.1 Å². The van der Waals surface area contributed by atoms with Crippen LogP contribution in [0, 0.1) is 6.92 Å². The molecule has 2 aromatic heterocycles. The van der Waals surface area contributed by atoms with Crippen molar-refractivity contribution in [2.45, 2.75) is 52.0 Å². The second kappa shape index (κ2) is 8.01. The highest BCUT2D eigenvalue weighted by Gasteiger charge is 2.26. The van der Waals surface area contributed by atoms with Crippen LogP contribution in [0.2, 0.25) is 0 Å². The molecule has 5 rings (SSSR count). The zero-order valence-corrected chi connectivity index (χ0v) is 18.9. The number of hydrogen-bond acceptors (Lipinski definition) is 3. The molecule has 0 unspecified atom stereocenters. The number of hydrogen-bond donors (Lipinski definition) is 1. The van der Waals surface area contributed by atoms with E-state index in [1.807, 2.05) is 33.7 Å². The molecule has 0 radical (unpaired) electrons. The molecule has 3 heterocycles. The molecule has 1 fully saturated rings. The van der Waals surface area contributed by atoms with Crippen molar-refractivity contribution in [1.82, 2.24) is 14.5 Å². The maximum Gasteiger partial charge on any atom is 0.326 e. The molecule has 32 heavy (non-hydrogen) atoms. The van der Waals surface area contributed by atoms with Gasteiger partial charge in [-0.05, 0) is 61.1 Å². The SMILES string of the molecule is Cc1cc2occ(CC(=O)N3CCC(n4c(=O)[nH]c5ccccc54)CC3)c2cc1C(C)C. The highest BCUT2D eigenvalue weighted by atomic mass is 16.3. The molecule has 6 nitrogen and oxygen atoms in total. The number of aromatic nitrogens is 2. The highest BCUT2D eigenvalue weighted by Crippen LogP contribution is 2.30. The Morgan fingerprint density at radius 3 is 2.69 bits per heavy atom. The van der Waals surface area contributed by atoms with Gasteiger partial charge in [0.25, 0.3) is 0 Å². The number of carbonyl (C=O) groups is 1. The zero-order valence-electron chi connectivity index (χ0n) is 18.9. The molecule has 0 bridgehead atoms. The van der Waals surface area contributed by atoms with Crippen LogP contribution in [-0.4, -0.2) is 33.4 Å². The van der Waals surface area contributed by atoms with E-state index in [4.69, 9.17) is 4.42 Å². The summed E-state index contributed by atoms with van der Waals surface area (Å²) >= 11 is 0. The van der Waals surface area contributed by atoms with Crippen LogP contribution in [0.15, 0.2) is 51.9 Å². The number of para-hydroxylation sites is 2. The molecule has 1 aliphatic rings. The van der Waals surface area contributed by atoms with Crippen LogP contribution in [0.3, 0.4) is 0 Å². The molecule has 1 N–H and O–H groups in total. The zero-order chi connectivity index (χ0) is 22.4. The Morgan fingerprint density at radius 1 is 1.19 bits per heavy atom. The quantitative estimate of drug-likeness (QED) is 0.499. The number of aryl methyl sites for hydroxylation is 1. The maximum atomic E-state index is 13.1. The summed E-state index contributed by atoms with van der Waals surface area (Å²) in [4.78, 5) is 30.4.